The number of carboxylic acid groups (broad SMARTS) is 1. The molecule has 0 spiro atoms. The number of carboxylic acids is 1. The Morgan fingerprint density at radius 1 is 1.78 bits per heavy atom. The van der Waals surface area contributed by atoms with E-state index in [1.165, 1.54) is 6.20 Å². The Morgan fingerprint density at radius 3 is 2.89 bits per heavy atom. The maximum atomic E-state index is 10.1. The lowest BCUT2D eigenvalue weighted by atomic mass is 10.1. The van der Waals surface area contributed by atoms with Gasteiger partial charge in [0, 0.05) is 12.7 Å². The number of carbonyl (C=O) groups is 1. The molecule has 3 heteroatoms. The molecule has 3 nitrogen and oxygen atoms in total. The third-order valence-corrected chi connectivity index (χ3v) is 1.31. The second-order valence-corrected chi connectivity index (χ2v) is 2.01. The molecule has 9 heavy (non-hydrogen) atoms. The molecule has 0 atom stereocenters. The van der Waals surface area contributed by atoms with Gasteiger partial charge in [0.15, 0.2) is 0 Å². The van der Waals surface area contributed by atoms with Crippen molar-refractivity contribution in [3.05, 3.63) is 11.8 Å². The zero-order valence-electron chi connectivity index (χ0n) is 5.02. The van der Waals surface area contributed by atoms with Gasteiger partial charge in [-0.3, -0.25) is 0 Å². The first-order chi connectivity index (χ1) is 4.30. The van der Waals surface area contributed by atoms with Crippen molar-refractivity contribution in [2.24, 2.45) is 0 Å². The van der Waals surface area contributed by atoms with E-state index in [4.69, 9.17) is 0 Å². The summed E-state index contributed by atoms with van der Waals surface area (Å²) in [6.45, 7) is 0.872. The molecule has 0 aromatic heterocycles. The highest BCUT2D eigenvalue weighted by Gasteiger charge is 2.01. The zero-order valence-corrected chi connectivity index (χ0v) is 5.02. The van der Waals surface area contributed by atoms with Gasteiger partial charge < -0.3 is 15.2 Å². The monoisotopic (exact) mass is 126 g/mol. The molecular formula is C6H8NO2-. The van der Waals surface area contributed by atoms with Gasteiger partial charge in [-0.05, 0) is 18.4 Å². The molecule has 1 N–H and O–H groups in total. The summed E-state index contributed by atoms with van der Waals surface area (Å²) in [6.07, 6.45) is 3.04. The summed E-state index contributed by atoms with van der Waals surface area (Å²) in [5.41, 5.74) is 0.376. The van der Waals surface area contributed by atoms with Gasteiger partial charge in [-0.25, -0.2) is 0 Å². The van der Waals surface area contributed by atoms with Crippen molar-refractivity contribution in [2.75, 3.05) is 6.54 Å². The van der Waals surface area contributed by atoms with Crippen LogP contribution in [0.2, 0.25) is 0 Å². The molecule has 0 aliphatic carbocycles. The highest BCUT2D eigenvalue weighted by atomic mass is 16.4. The second kappa shape index (κ2) is 2.53. The molecule has 0 aromatic rings. The Bertz CT molecular complexity index is 151. The van der Waals surface area contributed by atoms with E-state index in [1.54, 1.807) is 0 Å². The van der Waals surface area contributed by atoms with Gasteiger partial charge >= 0.3 is 0 Å². The van der Waals surface area contributed by atoms with Crippen LogP contribution >= 0.6 is 0 Å². The molecule has 1 rings (SSSR count). The third-order valence-electron chi connectivity index (χ3n) is 1.31. The van der Waals surface area contributed by atoms with Crippen LogP contribution in [0.3, 0.4) is 0 Å². The van der Waals surface area contributed by atoms with Crippen LogP contribution in [-0.4, -0.2) is 12.5 Å². The summed E-state index contributed by atoms with van der Waals surface area (Å²) >= 11 is 0. The summed E-state index contributed by atoms with van der Waals surface area (Å²) in [5, 5.41) is 13.0. The van der Waals surface area contributed by atoms with Crippen molar-refractivity contribution >= 4 is 5.97 Å². The molecule has 1 heterocycles. The largest absolute Gasteiger partial charge is 0.545 e. The van der Waals surface area contributed by atoms with E-state index in [1.807, 2.05) is 0 Å². The maximum Gasteiger partial charge on any atom is 0.0689 e. The first kappa shape index (κ1) is 6.13. The predicted molar refractivity (Wildman–Crippen MR) is 30.3 cm³/mol. The molecule has 0 unspecified atom stereocenters. The van der Waals surface area contributed by atoms with Crippen molar-refractivity contribution in [3.63, 3.8) is 0 Å². The number of rotatable bonds is 1. The van der Waals surface area contributed by atoms with Crippen LogP contribution in [0.25, 0.3) is 0 Å². The van der Waals surface area contributed by atoms with E-state index < -0.39 is 5.97 Å². The molecule has 1 aliphatic heterocycles. The van der Waals surface area contributed by atoms with E-state index >= 15 is 0 Å². The molecule has 1 aliphatic rings. The van der Waals surface area contributed by atoms with E-state index in [-0.39, 0.29) is 0 Å². The molecule has 0 amide bonds. The maximum absolute atomic E-state index is 10.1. The average molecular weight is 126 g/mol. The number of aliphatic carboxylic acids is 1. The molecule has 50 valence electrons. The van der Waals surface area contributed by atoms with E-state index in [0.29, 0.717) is 12.0 Å². The van der Waals surface area contributed by atoms with Crippen LogP contribution in [0.5, 0.6) is 0 Å². The first-order valence-electron chi connectivity index (χ1n) is 2.94. The number of hydrogen-bond acceptors (Lipinski definition) is 3. The van der Waals surface area contributed by atoms with Crippen LogP contribution in [0, 0.1) is 0 Å². The first-order valence-corrected chi connectivity index (χ1v) is 2.94. The van der Waals surface area contributed by atoms with Crippen LogP contribution < -0.4 is 10.4 Å². The zero-order chi connectivity index (χ0) is 6.69. The molecule has 0 fully saturated rings. The third kappa shape index (κ3) is 1.45. The Labute approximate surface area is 53.4 Å². The number of nitrogens with one attached hydrogen (secondary N) is 1. The van der Waals surface area contributed by atoms with Crippen molar-refractivity contribution in [3.8, 4) is 0 Å². The summed E-state index contributed by atoms with van der Waals surface area (Å²) in [7, 11) is 0. The number of carbonyl (C=O) groups excluding carboxylic acids is 1. The fourth-order valence-corrected chi connectivity index (χ4v) is 0.809. The van der Waals surface area contributed by atoms with Crippen molar-refractivity contribution in [1.29, 1.82) is 0 Å². The smallest absolute Gasteiger partial charge is 0.0689 e. The molecule has 0 saturated heterocycles. The summed E-state index contributed by atoms with van der Waals surface area (Å²) in [5.74, 6) is -1.05. The standard InChI is InChI=1S/C6H9NO2/c8-6(9)5-2-1-3-7-4-5/h4,7H,1-3H2,(H,8,9)/p-1. The highest BCUT2D eigenvalue weighted by Crippen LogP contribution is 2.05. The summed E-state index contributed by atoms with van der Waals surface area (Å²) in [6, 6.07) is 0. The van der Waals surface area contributed by atoms with Gasteiger partial charge in [0.1, 0.15) is 0 Å². The van der Waals surface area contributed by atoms with Gasteiger partial charge in [0.25, 0.3) is 0 Å². The van der Waals surface area contributed by atoms with Crippen molar-refractivity contribution < 1.29 is 9.90 Å². The molecular weight excluding hydrogens is 118 g/mol. The second-order valence-electron chi connectivity index (χ2n) is 2.01. The molecule has 0 aromatic carbocycles. The van der Waals surface area contributed by atoms with Gasteiger partial charge in [-0.1, -0.05) is 0 Å². The number of hydrogen-bond donors (Lipinski definition) is 1. The van der Waals surface area contributed by atoms with Crippen LogP contribution in [0.4, 0.5) is 0 Å². The average Bonchev–Trinajstić information content (AvgIpc) is 1.90. The topological polar surface area (TPSA) is 52.2 Å². The minimum absolute atomic E-state index is 0.376. The fourth-order valence-electron chi connectivity index (χ4n) is 0.809. The van der Waals surface area contributed by atoms with E-state index in [2.05, 4.69) is 5.32 Å². The highest BCUT2D eigenvalue weighted by molar-refractivity contribution is 5.84. The SMILES string of the molecule is O=C([O-])C1=CNCCC1. The van der Waals surface area contributed by atoms with Gasteiger partial charge in [0.05, 0.1) is 5.97 Å². The lowest BCUT2D eigenvalue weighted by Gasteiger charge is -2.13. The Hall–Kier alpha value is -0.990. The van der Waals surface area contributed by atoms with E-state index in [0.717, 1.165) is 13.0 Å². The van der Waals surface area contributed by atoms with E-state index in [9.17, 15) is 9.90 Å². The van der Waals surface area contributed by atoms with Crippen molar-refractivity contribution in [1.82, 2.24) is 5.32 Å². The molecule has 0 saturated carbocycles. The van der Waals surface area contributed by atoms with Gasteiger partial charge in [0.2, 0.25) is 0 Å². The van der Waals surface area contributed by atoms with Crippen LogP contribution in [0.1, 0.15) is 12.8 Å². The van der Waals surface area contributed by atoms with Gasteiger partial charge in [-0.15, -0.1) is 0 Å². The minimum atomic E-state index is -1.05. The van der Waals surface area contributed by atoms with Crippen molar-refractivity contribution in [2.45, 2.75) is 12.8 Å². The molecule has 0 radical (unpaired) electrons. The van der Waals surface area contributed by atoms with Crippen LogP contribution in [0.15, 0.2) is 11.8 Å². The Balaban J connectivity index is 2.57. The lowest BCUT2D eigenvalue weighted by molar-refractivity contribution is -0.299. The minimum Gasteiger partial charge on any atom is -0.545 e. The quantitative estimate of drug-likeness (QED) is 0.490. The Kier molecular flexibility index (Phi) is 1.72. The van der Waals surface area contributed by atoms with Gasteiger partial charge in [-0.2, -0.15) is 0 Å². The molecule has 0 bridgehead atoms. The Morgan fingerprint density at radius 2 is 2.56 bits per heavy atom. The fraction of sp³-hybridized carbons (Fsp3) is 0.500. The summed E-state index contributed by atoms with van der Waals surface area (Å²) in [4.78, 5) is 10.1. The lowest BCUT2D eigenvalue weighted by Crippen LogP contribution is -2.28. The normalized spacial score (nSPS) is 18.0. The predicted octanol–water partition coefficient (Wildman–Crippen LogP) is -0.996. The van der Waals surface area contributed by atoms with Crippen LogP contribution in [-0.2, 0) is 4.79 Å². The summed E-state index contributed by atoms with van der Waals surface area (Å²) < 4.78 is 0.